The molecule has 0 aromatic heterocycles. The van der Waals surface area contributed by atoms with E-state index in [4.69, 9.17) is 14.9 Å². The Labute approximate surface area is 113 Å². The Balaban J connectivity index is 2.48. The summed E-state index contributed by atoms with van der Waals surface area (Å²) in [7, 11) is 1.66. The van der Waals surface area contributed by atoms with Crippen LogP contribution in [-0.4, -0.2) is 60.4 Å². The summed E-state index contributed by atoms with van der Waals surface area (Å²) in [6.07, 6.45) is 1.21. The smallest absolute Gasteiger partial charge is 0.307 e. The van der Waals surface area contributed by atoms with E-state index in [9.17, 15) is 9.59 Å². The molecule has 19 heavy (non-hydrogen) atoms. The van der Waals surface area contributed by atoms with E-state index >= 15 is 0 Å². The molecule has 1 fully saturated rings. The van der Waals surface area contributed by atoms with Crippen molar-refractivity contribution in [2.45, 2.75) is 19.8 Å². The number of ether oxygens (including phenoxy) is 1. The third kappa shape index (κ3) is 4.47. The Morgan fingerprint density at radius 1 is 1.26 bits per heavy atom. The van der Waals surface area contributed by atoms with Crippen molar-refractivity contribution >= 4 is 11.9 Å². The standard InChI is InChI=1S/C13H23NO5/c1-9-7-10(11(8-9)13(17)18)12(16)14(2)3-5-19-6-4-15/h9-11,15H,3-8H2,1-2H3,(H,17,18). The molecule has 6 nitrogen and oxygen atoms in total. The zero-order valence-corrected chi connectivity index (χ0v) is 11.5. The van der Waals surface area contributed by atoms with E-state index in [1.54, 1.807) is 7.05 Å². The van der Waals surface area contributed by atoms with Crippen LogP contribution in [0.4, 0.5) is 0 Å². The molecule has 1 aliphatic rings. The van der Waals surface area contributed by atoms with Crippen LogP contribution in [0.3, 0.4) is 0 Å². The fourth-order valence-corrected chi connectivity index (χ4v) is 2.60. The molecule has 6 heteroatoms. The second kappa shape index (κ2) is 7.45. The summed E-state index contributed by atoms with van der Waals surface area (Å²) in [5.74, 6) is -1.72. The Hall–Kier alpha value is -1.14. The summed E-state index contributed by atoms with van der Waals surface area (Å²) >= 11 is 0. The molecule has 1 amide bonds. The van der Waals surface area contributed by atoms with Gasteiger partial charge in [0.2, 0.25) is 5.91 Å². The minimum Gasteiger partial charge on any atom is -0.481 e. The zero-order valence-electron chi connectivity index (χ0n) is 11.5. The topological polar surface area (TPSA) is 87.1 Å². The molecular formula is C13H23NO5. The van der Waals surface area contributed by atoms with Gasteiger partial charge in [0.1, 0.15) is 0 Å². The summed E-state index contributed by atoms with van der Waals surface area (Å²) < 4.78 is 5.10. The van der Waals surface area contributed by atoms with Crippen molar-refractivity contribution < 1.29 is 24.5 Å². The lowest BCUT2D eigenvalue weighted by Gasteiger charge is -2.23. The highest BCUT2D eigenvalue weighted by Gasteiger charge is 2.42. The molecule has 0 heterocycles. The van der Waals surface area contributed by atoms with Gasteiger partial charge in [-0.15, -0.1) is 0 Å². The Bertz CT molecular complexity index is 320. The third-order valence-electron chi connectivity index (χ3n) is 3.62. The van der Waals surface area contributed by atoms with Crippen molar-refractivity contribution in [2.24, 2.45) is 17.8 Å². The van der Waals surface area contributed by atoms with Crippen LogP contribution in [0.5, 0.6) is 0 Å². The maximum absolute atomic E-state index is 12.2. The number of hydrogen-bond donors (Lipinski definition) is 2. The van der Waals surface area contributed by atoms with E-state index in [0.29, 0.717) is 26.0 Å². The minimum atomic E-state index is -0.882. The Morgan fingerprint density at radius 2 is 1.89 bits per heavy atom. The van der Waals surface area contributed by atoms with Crippen molar-refractivity contribution in [1.82, 2.24) is 4.90 Å². The van der Waals surface area contributed by atoms with E-state index in [1.165, 1.54) is 4.90 Å². The molecular weight excluding hydrogens is 250 g/mol. The van der Waals surface area contributed by atoms with Gasteiger partial charge in [0, 0.05) is 13.6 Å². The van der Waals surface area contributed by atoms with Crippen LogP contribution in [0.1, 0.15) is 19.8 Å². The first-order valence-electron chi connectivity index (χ1n) is 6.63. The number of rotatable bonds is 7. The van der Waals surface area contributed by atoms with Crippen LogP contribution in [0.15, 0.2) is 0 Å². The van der Waals surface area contributed by atoms with Crippen LogP contribution < -0.4 is 0 Å². The zero-order chi connectivity index (χ0) is 14.4. The van der Waals surface area contributed by atoms with Gasteiger partial charge < -0.3 is 19.8 Å². The van der Waals surface area contributed by atoms with E-state index < -0.39 is 17.8 Å². The maximum atomic E-state index is 12.2. The number of aliphatic hydroxyl groups excluding tert-OH is 1. The lowest BCUT2D eigenvalue weighted by Crippen LogP contribution is -2.38. The number of hydrogen-bond acceptors (Lipinski definition) is 4. The number of carbonyl (C=O) groups is 2. The van der Waals surface area contributed by atoms with Crippen molar-refractivity contribution in [1.29, 1.82) is 0 Å². The predicted molar refractivity (Wildman–Crippen MR) is 68.6 cm³/mol. The van der Waals surface area contributed by atoms with Crippen LogP contribution >= 0.6 is 0 Å². The molecule has 0 aliphatic heterocycles. The van der Waals surface area contributed by atoms with Gasteiger partial charge >= 0.3 is 5.97 Å². The van der Waals surface area contributed by atoms with Crippen LogP contribution in [0.2, 0.25) is 0 Å². The molecule has 2 N–H and O–H groups in total. The van der Waals surface area contributed by atoms with Crippen LogP contribution in [0, 0.1) is 17.8 Å². The molecule has 1 rings (SSSR count). The average Bonchev–Trinajstić information content (AvgIpc) is 2.75. The van der Waals surface area contributed by atoms with Gasteiger partial charge in [0.15, 0.2) is 0 Å². The maximum Gasteiger partial charge on any atom is 0.307 e. The molecule has 0 aromatic carbocycles. The first-order valence-corrected chi connectivity index (χ1v) is 6.63. The normalized spacial score (nSPS) is 26.4. The van der Waals surface area contributed by atoms with E-state index in [2.05, 4.69) is 0 Å². The number of likely N-dealkylation sites (N-methyl/N-ethyl adjacent to an activating group) is 1. The summed E-state index contributed by atoms with van der Waals surface area (Å²) in [6, 6.07) is 0. The molecule has 0 saturated heterocycles. The summed E-state index contributed by atoms with van der Waals surface area (Å²) in [4.78, 5) is 24.9. The lowest BCUT2D eigenvalue weighted by atomic mass is 9.95. The quantitative estimate of drug-likeness (QED) is 0.647. The largest absolute Gasteiger partial charge is 0.481 e. The van der Waals surface area contributed by atoms with Gasteiger partial charge in [-0.3, -0.25) is 9.59 Å². The molecule has 110 valence electrons. The number of aliphatic carboxylic acids is 1. The van der Waals surface area contributed by atoms with Crippen molar-refractivity contribution in [3.8, 4) is 0 Å². The predicted octanol–water partition coefficient (Wildman–Crippen LogP) is 0.201. The second-order valence-corrected chi connectivity index (χ2v) is 5.22. The van der Waals surface area contributed by atoms with Crippen LogP contribution in [0.25, 0.3) is 0 Å². The molecule has 0 bridgehead atoms. The number of carbonyl (C=O) groups excluding carboxylic acids is 1. The fraction of sp³-hybridized carbons (Fsp3) is 0.846. The van der Waals surface area contributed by atoms with Gasteiger partial charge in [0.05, 0.1) is 31.7 Å². The number of carboxylic acids is 1. The number of aliphatic hydroxyl groups is 1. The van der Waals surface area contributed by atoms with Crippen molar-refractivity contribution in [2.75, 3.05) is 33.4 Å². The molecule has 1 aliphatic carbocycles. The molecule has 3 unspecified atom stereocenters. The summed E-state index contributed by atoms with van der Waals surface area (Å²) in [6.45, 7) is 2.95. The Kier molecular flexibility index (Phi) is 6.24. The van der Waals surface area contributed by atoms with Crippen LogP contribution in [-0.2, 0) is 14.3 Å². The fourth-order valence-electron chi connectivity index (χ4n) is 2.60. The molecule has 3 atom stereocenters. The highest BCUT2D eigenvalue weighted by molar-refractivity contribution is 5.85. The molecule has 0 aromatic rings. The van der Waals surface area contributed by atoms with E-state index in [0.717, 1.165) is 0 Å². The highest BCUT2D eigenvalue weighted by Crippen LogP contribution is 2.37. The van der Waals surface area contributed by atoms with Gasteiger partial charge in [-0.1, -0.05) is 6.92 Å². The van der Waals surface area contributed by atoms with E-state index in [-0.39, 0.29) is 25.0 Å². The van der Waals surface area contributed by atoms with Crippen molar-refractivity contribution in [3.05, 3.63) is 0 Å². The lowest BCUT2D eigenvalue weighted by molar-refractivity contribution is -0.148. The van der Waals surface area contributed by atoms with Gasteiger partial charge in [-0.05, 0) is 18.8 Å². The first-order chi connectivity index (χ1) is 8.97. The third-order valence-corrected chi connectivity index (χ3v) is 3.62. The summed E-state index contributed by atoms with van der Waals surface area (Å²) in [5.41, 5.74) is 0. The monoisotopic (exact) mass is 273 g/mol. The first kappa shape index (κ1) is 15.9. The number of amides is 1. The molecule has 1 saturated carbocycles. The van der Waals surface area contributed by atoms with Gasteiger partial charge in [-0.25, -0.2) is 0 Å². The second-order valence-electron chi connectivity index (χ2n) is 5.22. The number of carboxylic acid groups (broad SMARTS) is 1. The van der Waals surface area contributed by atoms with E-state index in [1.807, 2.05) is 6.92 Å². The van der Waals surface area contributed by atoms with Gasteiger partial charge in [0.25, 0.3) is 0 Å². The number of nitrogens with zero attached hydrogens (tertiary/aromatic N) is 1. The van der Waals surface area contributed by atoms with Crippen molar-refractivity contribution in [3.63, 3.8) is 0 Å². The molecule has 0 spiro atoms. The average molecular weight is 273 g/mol. The Morgan fingerprint density at radius 3 is 2.47 bits per heavy atom. The minimum absolute atomic E-state index is 0.0428. The highest BCUT2D eigenvalue weighted by atomic mass is 16.5. The summed E-state index contributed by atoms with van der Waals surface area (Å²) in [5, 5.41) is 17.7. The molecule has 0 radical (unpaired) electrons. The SMILES string of the molecule is CC1CC(C(=O)O)C(C(=O)N(C)CCOCCO)C1. The van der Waals surface area contributed by atoms with Gasteiger partial charge in [-0.2, -0.15) is 0 Å².